The number of benzene rings is 3. The number of halogens is 2. The molecule has 0 aromatic heterocycles. The van der Waals surface area contributed by atoms with Crippen LogP contribution in [0, 0.1) is 5.41 Å². The molecule has 0 atom stereocenters. The number of esters is 1. The van der Waals surface area contributed by atoms with Gasteiger partial charge in [-0.25, -0.2) is 4.79 Å². The summed E-state index contributed by atoms with van der Waals surface area (Å²) < 4.78 is 10.7. The van der Waals surface area contributed by atoms with Crippen molar-refractivity contribution in [2.45, 2.75) is 6.92 Å². The molecule has 1 aliphatic heterocycles. The third kappa shape index (κ3) is 6.55. The molecule has 1 saturated heterocycles. The molecule has 1 aliphatic rings. The number of nitrogens with zero attached hydrogens (tertiary/aromatic N) is 1. The Balaban J connectivity index is 1.49. The van der Waals surface area contributed by atoms with Crippen LogP contribution in [0.15, 0.2) is 71.6 Å². The van der Waals surface area contributed by atoms with Crippen molar-refractivity contribution in [1.29, 1.82) is 5.41 Å². The van der Waals surface area contributed by atoms with Gasteiger partial charge in [-0.05, 0) is 91.5 Å². The highest BCUT2D eigenvalue weighted by Gasteiger charge is 2.34. The van der Waals surface area contributed by atoms with Crippen molar-refractivity contribution in [3.8, 4) is 5.75 Å². The fourth-order valence-corrected chi connectivity index (χ4v) is 4.62. The largest absolute Gasteiger partial charge is 0.483 e. The lowest BCUT2D eigenvalue weighted by Crippen LogP contribution is -2.28. The average Bonchev–Trinajstić information content (AvgIpc) is 3.17. The number of carbonyl (C=O) groups excluding carboxylic acids is 3. The summed E-state index contributed by atoms with van der Waals surface area (Å²) in [6.07, 6.45) is 1.56. The minimum Gasteiger partial charge on any atom is -0.483 e. The van der Waals surface area contributed by atoms with Gasteiger partial charge in [0.15, 0.2) is 11.8 Å². The van der Waals surface area contributed by atoms with Crippen LogP contribution in [0.2, 0.25) is 10.0 Å². The number of amides is 2. The second kappa shape index (κ2) is 12.2. The van der Waals surface area contributed by atoms with E-state index in [9.17, 15) is 14.4 Å². The molecule has 0 aliphatic carbocycles. The van der Waals surface area contributed by atoms with E-state index in [1.54, 1.807) is 67.6 Å². The number of hydrogen-bond donors (Lipinski definition) is 2. The fraction of sp³-hybridized carbons (Fsp3) is 0.111. The Kier molecular flexibility index (Phi) is 8.73. The van der Waals surface area contributed by atoms with Crippen molar-refractivity contribution < 1.29 is 23.9 Å². The lowest BCUT2D eigenvalue weighted by molar-refractivity contribution is -0.118. The van der Waals surface area contributed by atoms with Gasteiger partial charge in [0.25, 0.3) is 11.8 Å². The summed E-state index contributed by atoms with van der Waals surface area (Å²) in [4.78, 5) is 39.0. The van der Waals surface area contributed by atoms with E-state index in [0.29, 0.717) is 38.3 Å². The number of ether oxygens (including phenoxy) is 2. The number of carbonyl (C=O) groups is 3. The van der Waals surface area contributed by atoms with Gasteiger partial charge in [-0.15, -0.1) is 0 Å². The molecule has 0 spiro atoms. The van der Waals surface area contributed by atoms with Gasteiger partial charge in [-0.2, -0.15) is 0 Å². The van der Waals surface area contributed by atoms with E-state index in [1.165, 1.54) is 17.0 Å². The summed E-state index contributed by atoms with van der Waals surface area (Å²) in [5.41, 5.74) is 1.83. The molecule has 4 rings (SSSR count). The van der Waals surface area contributed by atoms with Crippen LogP contribution in [-0.2, 0) is 14.3 Å². The van der Waals surface area contributed by atoms with Gasteiger partial charge in [-0.3, -0.25) is 19.9 Å². The summed E-state index contributed by atoms with van der Waals surface area (Å²) in [6, 6.07) is 17.7. The van der Waals surface area contributed by atoms with Crippen LogP contribution in [0.25, 0.3) is 6.08 Å². The zero-order valence-corrected chi connectivity index (χ0v) is 22.3. The molecule has 0 saturated carbocycles. The Morgan fingerprint density at radius 3 is 2.39 bits per heavy atom. The molecule has 194 valence electrons. The maximum atomic E-state index is 13.2. The maximum Gasteiger partial charge on any atom is 0.338 e. The first-order chi connectivity index (χ1) is 18.2. The Hall–Kier alpha value is -3.79. The van der Waals surface area contributed by atoms with Crippen molar-refractivity contribution in [3.05, 3.63) is 92.8 Å². The van der Waals surface area contributed by atoms with E-state index in [2.05, 4.69) is 5.32 Å². The fourth-order valence-electron chi connectivity index (χ4n) is 3.46. The van der Waals surface area contributed by atoms with Crippen molar-refractivity contribution in [3.63, 3.8) is 0 Å². The second-order valence-electron chi connectivity index (χ2n) is 7.85. The van der Waals surface area contributed by atoms with Crippen LogP contribution in [-0.4, -0.2) is 36.2 Å². The van der Waals surface area contributed by atoms with E-state index >= 15 is 0 Å². The molecule has 1 fully saturated rings. The number of thioether (sulfide) groups is 1. The molecule has 38 heavy (non-hydrogen) atoms. The molecule has 2 N–H and O–H groups in total. The number of anilines is 2. The molecule has 0 radical (unpaired) electrons. The Morgan fingerprint density at radius 1 is 1.03 bits per heavy atom. The molecule has 1 heterocycles. The molecule has 11 heteroatoms. The quantitative estimate of drug-likeness (QED) is 0.245. The first-order valence-corrected chi connectivity index (χ1v) is 12.9. The van der Waals surface area contributed by atoms with E-state index in [0.717, 1.165) is 11.8 Å². The van der Waals surface area contributed by atoms with Gasteiger partial charge in [-0.1, -0.05) is 23.2 Å². The van der Waals surface area contributed by atoms with Crippen LogP contribution in [0.4, 0.5) is 11.4 Å². The van der Waals surface area contributed by atoms with E-state index < -0.39 is 11.9 Å². The highest BCUT2D eigenvalue weighted by Crippen LogP contribution is 2.37. The summed E-state index contributed by atoms with van der Waals surface area (Å²) in [7, 11) is 0. The van der Waals surface area contributed by atoms with Crippen molar-refractivity contribution in [1.82, 2.24) is 0 Å². The molecule has 8 nitrogen and oxygen atoms in total. The van der Waals surface area contributed by atoms with E-state index in [1.807, 2.05) is 0 Å². The third-order valence-electron chi connectivity index (χ3n) is 5.21. The standard InChI is InChI=1S/C27H21Cl2N3O5S/c1-2-36-26(35)16-3-10-21(11-4-16)32-25(34)23(38-27(32)30)14-17-13-19(29)7-12-22(17)37-15-24(33)31-20-8-5-18(28)6-9-20/h3-14,30H,2,15H2,1H3,(H,31,33)/b23-14-,30-27?. The number of nitrogens with one attached hydrogen (secondary N) is 2. The summed E-state index contributed by atoms with van der Waals surface area (Å²) in [5.74, 6) is -0.931. The zero-order valence-electron chi connectivity index (χ0n) is 20.0. The monoisotopic (exact) mass is 569 g/mol. The van der Waals surface area contributed by atoms with E-state index in [-0.39, 0.29) is 29.2 Å². The van der Waals surface area contributed by atoms with Gasteiger partial charge in [0.2, 0.25) is 0 Å². The Bertz CT molecular complexity index is 1430. The van der Waals surface area contributed by atoms with Crippen molar-refractivity contribution in [2.24, 2.45) is 0 Å². The van der Waals surface area contributed by atoms with Gasteiger partial charge in [0.05, 0.1) is 22.8 Å². The zero-order chi connectivity index (χ0) is 27.2. The highest BCUT2D eigenvalue weighted by atomic mass is 35.5. The van der Waals surface area contributed by atoms with Crippen molar-refractivity contribution >= 4 is 75.4 Å². The molecule has 3 aromatic rings. The number of amidine groups is 1. The summed E-state index contributed by atoms with van der Waals surface area (Å²) in [5, 5.41) is 12.0. The molecule has 3 aromatic carbocycles. The predicted octanol–water partition coefficient (Wildman–Crippen LogP) is 6.24. The summed E-state index contributed by atoms with van der Waals surface area (Å²) >= 11 is 13.0. The van der Waals surface area contributed by atoms with Crippen LogP contribution in [0.5, 0.6) is 5.75 Å². The normalized spacial score (nSPS) is 14.1. The summed E-state index contributed by atoms with van der Waals surface area (Å²) in [6.45, 7) is 1.69. The van der Waals surface area contributed by atoms with E-state index in [4.69, 9.17) is 38.1 Å². The Labute approximate surface area is 233 Å². The van der Waals surface area contributed by atoms with Gasteiger partial charge >= 0.3 is 5.97 Å². The van der Waals surface area contributed by atoms with Crippen LogP contribution in [0.3, 0.4) is 0 Å². The lowest BCUT2D eigenvalue weighted by Gasteiger charge is -2.14. The van der Waals surface area contributed by atoms with Gasteiger partial charge in [0.1, 0.15) is 5.75 Å². The predicted molar refractivity (Wildman–Crippen MR) is 150 cm³/mol. The minimum absolute atomic E-state index is 0.00280. The highest BCUT2D eigenvalue weighted by molar-refractivity contribution is 8.19. The van der Waals surface area contributed by atoms with Crippen LogP contribution in [0.1, 0.15) is 22.8 Å². The first kappa shape index (κ1) is 27.3. The lowest BCUT2D eigenvalue weighted by atomic mass is 10.1. The number of hydrogen-bond acceptors (Lipinski definition) is 7. The molecular weight excluding hydrogens is 549 g/mol. The smallest absolute Gasteiger partial charge is 0.338 e. The average molecular weight is 570 g/mol. The Morgan fingerprint density at radius 2 is 1.71 bits per heavy atom. The van der Waals surface area contributed by atoms with Gasteiger partial charge < -0.3 is 14.8 Å². The molecule has 0 bridgehead atoms. The second-order valence-corrected chi connectivity index (χ2v) is 9.75. The van der Waals surface area contributed by atoms with Gasteiger partial charge in [0, 0.05) is 21.3 Å². The molecular formula is C27H21Cl2N3O5S. The topological polar surface area (TPSA) is 109 Å². The SMILES string of the molecule is CCOC(=O)c1ccc(N2C(=N)S/C(=C\c3cc(Cl)ccc3OCC(=O)Nc3ccc(Cl)cc3)C2=O)cc1. The maximum absolute atomic E-state index is 13.2. The van der Waals surface area contributed by atoms with Crippen LogP contribution >= 0.6 is 35.0 Å². The third-order valence-corrected chi connectivity index (χ3v) is 6.58. The minimum atomic E-state index is -0.466. The molecule has 2 amide bonds. The number of rotatable bonds is 8. The molecule has 0 unspecified atom stereocenters. The van der Waals surface area contributed by atoms with Crippen LogP contribution < -0.4 is 15.0 Å². The van der Waals surface area contributed by atoms with Crippen molar-refractivity contribution in [2.75, 3.05) is 23.4 Å². The first-order valence-electron chi connectivity index (χ1n) is 11.3.